The molecule has 2 N–H and O–H groups in total. The number of nitrogens with one attached hydrogen (secondary N) is 1. The van der Waals surface area contributed by atoms with Crippen molar-refractivity contribution in [3.63, 3.8) is 0 Å². The Morgan fingerprint density at radius 1 is 1.56 bits per heavy atom. The fourth-order valence-electron chi connectivity index (χ4n) is 0.485. The SMILES string of the molecule is O=C1NC(=O)C(O)C1=S. The zero-order chi connectivity index (χ0) is 7.02. The average Bonchev–Trinajstić information content (AvgIpc) is 1.98. The zero-order valence-electron chi connectivity index (χ0n) is 4.25. The summed E-state index contributed by atoms with van der Waals surface area (Å²) in [5.41, 5.74) is 0. The number of hydrogen-bond acceptors (Lipinski definition) is 4. The van der Waals surface area contributed by atoms with E-state index in [1.807, 2.05) is 5.32 Å². The van der Waals surface area contributed by atoms with Crippen LogP contribution in [0, 0.1) is 0 Å². The van der Waals surface area contributed by atoms with Crippen molar-refractivity contribution in [2.45, 2.75) is 6.10 Å². The highest BCUT2D eigenvalue weighted by Crippen LogP contribution is 1.97. The standard InChI is InChI=1S/C4H3NO3S/c6-1-2(9)4(8)5-3(1)7/h1,6H,(H,5,7,8). The Kier molecular flexibility index (Phi) is 1.30. The Hall–Kier alpha value is -0.810. The van der Waals surface area contributed by atoms with Gasteiger partial charge in [0.1, 0.15) is 4.86 Å². The van der Waals surface area contributed by atoms with Crippen LogP contribution in [0.2, 0.25) is 0 Å². The van der Waals surface area contributed by atoms with Crippen molar-refractivity contribution in [1.29, 1.82) is 0 Å². The maximum Gasteiger partial charge on any atom is 0.267 e. The van der Waals surface area contributed by atoms with Crippen LogP contribution < -0.4 is 5.32 Å². The predicted molar refractivity (Wildman–Crippen MR) is 31.8 cm³/mol. The summed E-state index contributed by atoms with van der Waals surface area (Å²) in [6.07, 6.45) is -1.41. The number of amides is 2. The first-order valence-electron chi connectivity index (χ1n) is 2.20. The third-order valence-corrected chi connectivity index (χ3v) is 1.37. The second-order valence-corrected chi connectivity index (χ2v) is 2.02. The molecule has 0 aromatic carbocycles. The monoisotopic (exact) mass is 145 g/mol. The highest BCUT2D eigenvalue weighted by Gasteiger charge is 2.34. The number of aliphatic hydroxyl groups excluding tert-OH is 1. The van der Waals surface area contributed by atoms with E-state index in [1.54, 1.807) is 0 Å². The molecule has 1 aliphatic heterocycles. The third-order valence-electron chi connectivity index (χ3n) is 0.957. The molecule has 1 heterocycles. The number of hydrogen-bond donors (Lipinski definition) is 2. The Labute approximate surface area is 55.9 Å². The molecule has 1 aliphatic rings. The van der Waals surface area contributed by atoms with E-state index in [0.717, 1.165) is 0 Å². The molecule has 48 valence electrons. The second kappa shape index (κ2) is 1.85. The van der Waals surface area contributed by atoms with Gasteiger partial charge in [-0.2, -0.15) is 0 Å². The number of carbonyl (C=O) groups excluding carboxylic acids is 2. The molecule has 0 aliphatic carbocycles. The fraction of sp³-hybridized carbons (Fsp3) is 0.250. The molecule has 5 heteroatoms. The smallest absolute Gasteiger partial charge is 0.267 e. The van der Waals surface area contributed by atoms with E-state index in [1.165, 1.54) is 0 Å². The first-order chi connectivity index (χ1) is 4.13. The van der Waals surface area contributed by atoms with Crippen LogP contribution >= 0.6 is 12.2 Å². The lowest BCUT2D eigenvalue weighted by molar-refractivity contribution is -0.127. The van der Waals surface area contributed by atoms with E-state index in [0.29, 0.717) is 0 Å². The normalized spacial score (nSPS) is 26.8. The quantitative estimate of drug-likeness (QED) is 0.317. The molecule has 1 fully saturated rings. The number of rotatable bonds is 0. The van der Waals surface area contributed by atoms with E-state index in [9.17, 15) is 9.59 Å². The van der Waals surface area contributed by atoms with Gasteiger partial charge < -0.3 is 5.11 Å². The second-order valence-electron chi connectivity index (χ2n) is 1.59. The molecule has 0 aromatic rings. The molecule has 0 spiro atoms. The lowest BCUT2D eigenvalue weighted by atomic mass is 10.3. The molecule has 1 rings (SSSR count). The summed E-state index contributed by atoms with van der Waals surface area (Å²) in [5.74, 6) is -1.40. The first-order valence-corrected chi connectivity index (χ1v) is 2.61. The lowest BCUT2D eigenvalue weighted by Crippen LogP contribution is -2.24. The summed E-state index contributed by atoms with van der Waals surface area (Å²) < 4.78 is 0. The minimum Gasteiger partial charge on any atom is -0.378 e. The number of thiocarbonyl (C=S) groups is 1. The largest absolute Gasteiger partial charge is 0.378 e. The minimum atomic E-state index is -1.41. The van der Waals surface area contributed by atoms with Gasteiger partial charge >= 0.3 is 0 Å². The maximum absolute atomic E-state index is 10.4. The van der Waals surface area contributed by atoms with Crippen LogP contribution in [0.1, 0.15) is 0 Å². The van der Waals surface area contributed by atoms with Crippen LogP contribution in [-0.4, -0.2) is 27.9 Å². The van der Waals surface area contributed by atoms with Gasteiger partial charge in [-0.25, -0.2) is 0 Å². The molecule has 1 saturated heterocycles. The predicted octanol–water partition coefficient (Wildman–Crippen LogP) is -1.63. The Morgan fingerprint density at radius 3 is 2.22 bits per heavy atom. The summed E-state index contributed by atoms with van der Waals surface area (Å²) in [4.78, 5) is 20.4. The van der Waals surface area contributed by atoms with Crippen molar-refractivity contribution in [1.82, 2.24) is 5.32 Å². The van der Waals surface area contributed by atoms with Gasteiger partial charge in [0.2, 0.25) is 0 Å². The molecule has 1 atom stereocenters. The highest BCUT2D eigenvalue weighted by atomic mass is 32.1. The molecule has 9 heavy (non-hydrogen) atoms. The van der Waals surface area contributed by atoms with E-state index in [2.05, 4.69) is 12.2 Å². The topological polar surface area (TPSA) is 66.4 Å². The van der Waals surface area contributed by atoms with Crippen molar-refractivity contribution < 1.29 is 14.7 Å². The summed E-state index contributed by atoms with van der Waals surface area (Å²) in [5, 5.41) is 10.5. The van der Waals surface area contributed by atoms with E-state index in [-0.39, 0.29) is 4.86 Å². The van der Waals surface area contributed by atoms with E-state index in [4.69, 9.17) is 5.11 Å². The minimum absolute atomic E-state index is 0.250. The maximum atomic E-state index is 10.4. The van der Waals surface area contributed by atoms with Gasteiger partial charge in [-0.15, -0.1) is 0 Å². The fourth-order valence-corrected chi connectivity index (χ4v) is 0.643. The first kappa shape index (κ1) is 6.31. The van der Waals surface area contributed by atoms with Gasteiger partial charge in [-0.05, 0) is 0 Å². The van der Waals surface area contributed by atoms with Gasteiger partial charge in [0.15, 0.2) is 6.10 Å². The molecular formula is C4H3NO3S. The average molecular weight is 145 g/mol. The Morgan fingerprint density at radius 2 is 2.11 bits per heavy atom. The van der Waals surface area contributed by atoms with Crippen molar-refractivity contribution in [2.75, 3.05) is 0 Å². The van der Waals surface area contributed by atoms with Crippen molar-refractivity contribution in [3.05, 3.63) is 0 Å². The summed E-state index contributed by atoms with van der Waals surface area (Å²) in [6, 6.07) is 0. The highest BCUT2D eigenvalue weighted by molar-refractivity contribution is 7.82. The summed E-state index contributed by atoms with van der Waals surface area (Å²) in [6.45, 7) is 0. The Bertz CT molecular complexity index is 200. The van der Waals surface area contributed by atoms with E-state index < -0.39 is 17.9 Å². The van der Waals surface area contributed by atoms with Gasteiger partial charge in [0, 0.05) is 0 Å². The van der Waals surface area contributed by atoms with Crippen molar-refractivity contribution in [2.24, 2.45) is 0 Å². The lowest BCUT2D eigenvalue weighted by Gasteiger charge is -1.89. The van der Waals surface area contributed by atoms with Crippen molar-refractivity contribution in [3.8, 4) is 0 Å². The molecule has 2 amide bonds. The molecule has 0 bridgehead atoms. The molecular weight excluding hydrogens is 142 g/mol. The third kappa shape index (κ3) is 0.839. The van der Waals surface area contributed by atoms with Crippen LogP contribution in [-0.2, 0) is 9.59 Å². The van der Waals surface area contributed by atoms with Crippen LogP contribution in [0.15, 0.2) is 0 Å². The number of carbonyl (C=O) groups is 2. The van der Waals surface area contributed by atoms with Crippen LogP contribution in [0.4, 0.5) is 0 Å². The number of imide groups is 1. The van der Waals surface area contributed by atoms with E-state index >= 15 is 0 Å². The van der Waals surface area contributed by atoms with Gasteiger partial charge in [0.05, 0.1) is 0 Å². The van der Waals surface area contributed by atoms with Gasteiger partial charge in [0.25, 0.3) is 11.8 Å². The summed E-state index contributed by atoms with van der Waals surface area (Å²) >= 11 is 4.36. The van der Waals surface area contributed by atoms with Gasteiger partial charge in [-0.1, -0.05) is 12.2 Å². The molecule has 4 nitrogen and oxygen atoms in total. The van der Waals surface area contributed by atoms with Crippen LogP contribution in [0.25, 0.3) is 0 Å². The zero-order valence-corrected chi connectivity index (χ0v) is 5.07. The molecule has 0 radical (unpaired) electrons. The van der Waals surface area contributed by atoms with Crippen molar-refractivity contribution >= 4 is 28.9 Å². The molecule has 0 aromatic heterocycles. The van der Waals surface area contributed by atoms with Crippen LogP contribution in [0.5, 0.6) is 0 Å². The van der Waals surface area contributed by atoms with Crippen LogP contribution in [0.3, 0.4) is 0 Å². The number of aliphatic hydroxyl groups is 1. The summed E-state index contributed by atoms with van der Waals surface area (Å²) in [7, 11) is 0. The Balaban J connectivity index is 2.90. The molecule has 1 unspecified atom stereocenters. The van der Waals surface area contributed by atoms with Gasteiger partial charge in [-0.3, -0.25) is 14.9 Å². The molecule has 0 saturated carbocycles.